The second-order valence-electron chi connectivity index (χ2n) is 15.0. The zero-order chi connectivity index (χ0) is 35.3. The molecule has 250 valence electrons. The molecule has 53 heavy (non-hydrogen) atoms. The summed E-state index contributed by atoms with van der Waals surface area (Å²) in [7, 11) is 0. The summed E-state index contributed by atoms with van der Waals surface area (Å²) in [6, 6.07) is 67.1. The minimum absolute atomic E-state index is 0.0806. The highest BCUT2D eigenvalue weighted by Gasteiger charge is 2.36. The van der Waals surface area contributed by atoms with Gasteiger partial charge in [0.1, 0.15) is 0 Å². The minimum Gasteiger partial charge on any atom is -0.309 e. The third kappa shape index (κ3) is 4.39. The van der Waals surface area contributed by atoms with Gasteiger partial charge in [0.15, 0.2) is 0 Å². The summed E-state index contributed by atoms with van der Waals surface area (Å²) in [5.74, 6) is 0. The Balaban J connectivity index is 1.09. The third-order valence-corrected chi connectivity index (χ3v) is 11.7. The molecule has 8 aromatic carbocycles. The second kappa shape index (κ2) is 11.2. The predicted octanol–water partition coefficient (Wildman–Crippen LogP) is 13.5. The molecular weight excluding hydrogens is 641 g/mol. The van der Waals surface area contributed by atoms with Gasteiger partial charge in [-0.25, -0.2) is 0 Å². The van der Waals surface area contributed by atoms with E-state index >= 15 is 0 Å². The van der Waals surface area contributed by atoms with Crippen molar-refractivity contribution in [2.75, 3.05) is 0 Å². The number of nitrogens with zero attached hydrogens (tertiary/aromatic N) is 2. The highest BCUT2D eigenvalue weighted by atomic mass is 15.0. The predicted molar refractivity (Wildman–Crippen MR) is 224 cm³/mol. The molecule has 2 heterocycles. The molecule has 0 spiro atoms. The summed E-state index contributed by atoms with van der Waals surface area (Å²) in [6.07, 6.45) is 0. The first-order valence-electron chi connectivity index (χ1n) is 18.5. The van der Waals surface area contributed by atoms with E-state index in [-0.39, 0.29) is 5.41 Å². The lowest BCUT2D eigenvalue weighted by atomic mass is 9.82. The number of hydrogen-bond donors (Lipinski definition) is 0. The first kappa shape index (κ1) is 30.0. The van der Waals surface area contributed by atoms with Gasteiger partial charge >= 0.3 is 0 Å². The molecule has 2 nitrogen and oxygen atoms in total. The van der Waals surface area contributed by atoms with Gasteiger partial charge in [0, 0.05) is 38.3 Å². The molecule has 0 amide bonds. The Morgan fingerprint density at radius 2 is 0.868 bits per heavy atom. The standard InChI is InChI=1S/C51H36N2/c1-51(2)45-19-11-9-17-39(45)42-31-44-41-27-23-36(33-13-5-3-6-14-33)30-49(41)53(50(44)32-46(42)51)38-25-21-34(22-26-38)35-24-28-48-43(29-35)40-18-10-12-20-47(40)52(48)37-15-7-4-8-16-37/h3-32H,1-2H3. The van der Waals surface area contributed by atoms with Crippen LogP contribution in [0.1, 0.15) is 25.0 Å². The number of rotatable bonds is 4. The van der Waals surface area contributed by atoms with Crippen LogP contribution in [0.15, 0.2) is 182 Å². The summed E-state index contributed by atoms with van der Waals surface area (Å²) in [4.78, 5) is 0. The van der Waals surface area contributed by atoms with Gasteiger partial charge < -0.3 is 9.13 Å². The largest absolute Gasteiger partial charge is 0.309 e. The number of benzene rings is 8. The van der Waals surface area contributed by atoms with Crippen LogP contribution < -0.4 is 0 Å². The lowest BCUT2D eigenvalue weighted by molar-refractivity contribution is 0.661. The van der Waals surface area contributed by atoms with Crippen molar-refractivity contribution in [2.24, 2.45) is 0 Å². The average molecular weight is 677 g/mol. The maximum Gasteiger partial charge on any atom is 0.0547 e. The van der Waals surface area contributed by atoms with E-state index in [0.29, 0.717) is 0 Å². The Labute approximate surface area is 308 Å². The molecule has 0 unspecified atom stereocenters. The van der Waals surface area contributed by atoms with Crippen LogP contribution in [-0.4, -0.2) is 9.13 Å². The molecule has 2 heteroatoms. The van der Waals surface area contributed by atoms with Crippen LogP contribution in [0.3, 0.4) is 0 Å². The summed E-state index contributed by atoms with van der Waals surface area (Å²) in [5, 5.41) is 5.09. The van der Waals surface area contributed by atoms with E-state index in [2.05, 4.69) is 205 Å². The van der Waals surface area contributed by atoms with E-state index in [4.69, 9.17) is 0 Å². The van der Waals surface area contributed by atoms with Crippen LogP contribution >= 0.6 is 0 Å². The number of aromatic nitrogens is 2. The van der Waals surface area contributed by atoms with Crippen LogP contribution in [0.25, 0.3) is 88.4 Å². The van der Waals surface area contributed by atoms with Crippen LogP contribution in [0.2, 0.25) is 0 Å². The maximum atomic E-state index is 2.48. The van der Waals surface area contributed by atoms with Gasteiger partial charge in [-0.05, 0) is 105 Å². The van der Waals surface area contributed by atoms with Crippen molar-refractivity contribution in [2.45, 2.75) is 19.3 Å². The van der Waals surface area contributed by atoms with E-state index in [0.717, 1.165) is 5.69 Å². The fourth-order valence-electron chi connectivity index (χ4n) is 9.11. The molecule has 0 saturated carbocycles. The SMILES string of the molecule is CC1(C)c2ccccc2-c2cc3c4ccc(-c5ccccc5)cc4n(-c4ccc(-c5ccc6c(c5)c5ccccc5n6-c5ccccc5)cc4)c3cc21. The Morgan fingerprint density at radius 1 is 0.321 bits per heavy atom. The van der Waals surface area contributed by atoms with Crippen molar-refractivity contribution in [1.82, 2.24) is 9.13 Å². The first-order chi connectivity index (χ1) is 26.0. The van der Waals surface area contributed by atoms with Gasteiger partial charge in [0.25, 0.3) is 0 Å². The molecule has 0 aliphatic heterocycles. The number of para-hydroxylation sites is 2. The van der Waals surface area contributed by atoms with Crippen molar-refractivity contribution in [3.05, 3.63) is 193 Å². The monoisotopic (exact) mass is 676 g/mol. The molecule has 0 bridgehead atoms. The van der Waals surface area contributed by atoms with Crippen LogP contribution in [0.4, 0.5) is 0 Å². The van der Waals surface area contributed by atoms with Gasteiger partial charge in [0.05, 0.1) is 22.1 Å². The van der Waals surface area contributed by atoms with Crippen molar-refractivity contribution in [1.29, 1.82) is 0 Å². The average Bonchev–Trinajstić information content (AvgIpc) is 3.80. The molecule has 1 aliphatic rings. The lowest BCUT2D eigenvalue weighted by Crippen LogP contribution is -2.14. The Kier molecular flexibility index (Phi) is 6.33. The van der Waals surface area contributed by atoms with E-state index in [1.54, 1.807) is 0 Å². The van der Waals surface area contributed by atoms with Gasteiger partial charge in [-0.1, -0.05) is 135 Å². The highest BCUT2D eigenvalue weighted by Crippen LogP contribution is 2.51. The quantitative estimate of drug-likeness (QED) is 0.176. The second-order valence-corrected chi connectivity index (χ2v) is 15.0. The Hall–Kier alpha value is -6.64. The molecule has 2 aromatic heterocycles. The van der Waals surface area contributed by atoms with E-state index in [9.17, 15) is 0 Å². The summed E-state index contributed by atoms with van der Waals surface area (Å²) in [6.45, 7) is 4.74. The minimum atomic E-state index is -0.0806. The molecule has 0 atom stereocenters. The van der Waals surface area contributed by atoms with Crippen molar-refractivity contribution >= 4 is 43.6 Å². The van der Waals surface area contributed by atoms with Crippen LogP contribution in [0, 0.1) is 0 Å². The van der Waals surface area contributed by atoms with Crippen LogP contribution in [0.5, 0.6) is 0 Å². The first-order valence-corrected chi connectivity index (χ1v) is 18.5. The molecule has 0 fully saturated rings. The normalized spacial score (nSPS) is 13.2. The summed E-state index contributed by atoms with van der Waals surface area (Å²) in [5.41, 5.74) is 17.5. The van der Waals surface area contributed by atoms with Gasteiger partial charge in [-0.15, -0.1) is 0 Å². The van der Waals surface area contributed by atoms with E-state index in [1.165, 1.54) is 93.8 Å². The Bertz CT molecular complexity index is 3050. The lowest BCUT2D eigenvalue weighted by Gasteiger charge is -2.21. The molecule has 10 aromatic rings. The highest BCUT2D eigenvalue weighted by molar-refractivity contribution is 6.13. The third-order valence-electron chi connectivity index (χ3n) is 11.7. The van der Waals surface area contributed by atoms with Crippen molar-refractivity contribution in [3.8, 4) is 44.8 Å². The molecule has 0 saturated heterocycles. The van der Waals surface area contributed by atoms with Crippen molar-refractivity contribution in [3.63, 3.8) is 0 Å². The fourth-order valence-corrected chi connectivity index (χ4v) is 9.11. The topological polar surface area (TPSA) is 9.86 Å². The van der Waals surface area contributed by atoms with E-state index < -0.39 is 0 Å². The molecule has 0 N–H and O–H groups in total. The zero-order valence-electron chi connectivity index (χ0n) is 29.7. The Morgan fingerprint density at radius 3 is 1.70 bits per heavy atom. The zero-order valence-corrected chi connectivity index (χ0v) is 29.7. The maximum absolute atomic E-state index is 2.48. The van der Waals surface area contributed by atoms with Crippen LogP contribution in [-0.2, 0) is 5.41 Å². The smallest absolute Gasteiger partial charge is 0.0547 e. The van der Waals surface area contributed by atoms with Crippen molar-refractivity contribution < 1.29 is 0 Å². The molecular formula is C51H36N2. The van der Waals surface area contributed by atoms with E-state index in [1.807, 2.05) is 0 Å². The van der Waals surface area contributed by atoms with Gasteiger partial charge in [-0.3, -0.25) is 0 Å². The fraction of sp³-hybridized carbons (Fsp3) is 0.0588. The summed E-state index contributed by atoms with van der Waals surface area (Å²) < 4.78 is 4.86. The molecule has 1 aliphatic carbocycles. The summed E-state index contributed by atoms with van der Waals surface area (Å²) >= 11 is 0. The van der Waals surface area contributed by atoms with Gasteiger partial charge in [-0.2, -0.15) is 0 Å². The number of fused-ring (bicyclic) bond motifs is 9. The number of hydrogen-bond acceptors (Lipinski definition) is 0. The molecule has 0 radical (unpaired) electrons. The van der Waals surface area contributed by atoms with Gasteiger partial charge in [0.2, 0.25) is 0 Å². The molecule has 11 rings (SSSR count).